The minimum absolute atomic E-state index is 0.210. The van der Waals surface area contributed by atoms with E-state index in [1.807, 2.05) is 24.3 Å². The molecule has 13 heteroatoms. The zero-order valence-corrected chi connectivity index (χ0v) is 21.6. The van der Waals surface area contributed by atoms with E-state index < -0.39 is 65.8 Å². The molecule has 0 aliphatic carbocycles. The third-order valence-electron chi connectivity index (χ3n) is 6.06. The maximum absolute atomic E-state index is 13.1. The Morgan fingerprint density at radius 2 is 1.58 bits per heavy atom. The highest BCUT2D eigenvalue weighted by molar-refractivity contribution is 5.95. The lowest BCUT2D eigenvalue weighted by Crippen LogP contribution is -2.59. The van der Waals surface area contributed by atoms with E-state index in [1.165, 1.54) is 6.92 Å². The van der Waals surface area contributed by atoms with Crippen LogP contribution in [0.4, 0.5) is 0 Å². The van der Waals surface area contributed by atoms with Gasteiger partial charge in [0.05, 0.1) is 12.1 Å². The third-order valence-corrected chi connectivity index (χ3v) is 6.06. The molecule has 2 rings (SSSR count). The lowest BCUT2D eigenvalue weighted by molar-refractivity contribution is -0.145. The van der Waals surface area contributed by atoms with Gasteiger partial charge in [-0.15, -0.1) is 0 Å². The first-order chi connectivity index (χ1) is 17.8. The summed E-state index contributed by atoms with van der Waals surface area (Å²) in [6.45, 7) is 4.55. The van der Waals surface area contributed by atoms with Gasteiger partial charge in [-0.1, -0.05) is 32.0 Å². The summed E-state index contributed by atoms with van der Waals surface area (Å²) in [5, 5.41) is 27.0. The minimum Gasteiger partial charge on any atom is -0.480 e. The van der Waals surface area contributed by atoms with Gasteiger partial charge in [0.1, 0.15) is 12.1 Å². The standard InChI is InChI=1S/C25H36N6O7/c1-12(2)20(30-22(34)16(26)10-14-11-28-17-7-5-4-6-15(14)17)24(36)29-18(8-9-19(27)33)23(35)31-21(13(3)32)25(37)38/h4-7,11-13,16,18,20-21,28,32H,8-10,26H2,1-3H3,(H2,27,33)(H,29,36)(H,30,34)(H,31,35)(H,37,38). The molecule has 5 unspecified atom stereocenters. The number of aromatic nitrogens is 1. The molecule has 4 amide bonds. The number of nitrogens with one attached hydrogen (secondary N) is 4. The third kappa shape index (κ3) is 8.28. The number of carbonyl (C=O) groups excluding carboxylic acids is 4. The number of carbonyl (C=O) groups is 5. The summed E-state index contributed by atoms with van der Waals surface area (Å²) in [5.41, 5.74) is 13.0. The topological polar surface area (TPSA) is 230 Å². The molecular formula is C25H36N6O7. The van der Waals surface area contributed by atoms with Gasteiger partial charge in [0, 0.05) is 23.5 Å². The smallest absolute Gasteiger partial charge is 0.328 e. The molecule has 2 aromatic rings. The van der Waals surface area contributed by atoms with Crippen LogP contribution in [0.5, 0.6) is 0 Å². The predicted octanol–water partition coefficient (Wildman–Crippen LogP) is -1.12. The molecule has 38 heavy (non-hydrogen) atoms. The molecule has 0 bridgehead atoms. The van der Waals surface area contributed by atoms with Crippen LogP contribution in [-0.4, -0.2) is 75.1 Å². The zero-order valence-electron chi connectivity index (χ0n) is 21.6. The molecule has 0 aliphatic heterocycles. The maximum Gasteiger partial charge on any atom is 0.328 e. The van der Waals surface area contributed by atoms with Crippen molar-refractivity contribution in [3.8, 4) is 0 Å². The van der Waals surface area contributed by atoms with E-state index in [2.05, 4.69) is 20.9 Å². The highest BCUT2D eigenvalue weighted by Gasteiger charge is 2.33. The average Bonchev–Trinajstić information content (AvgIpc) is 3.24. The number of hydrogen-bond acceptors (Lipinski definition) is 7. The number of aliphatic carboxylic acids is 1. The van der Waals surface area contributed by atoms with Crippen LogP contribution in [0.3, 0.4) is 0 Å². The van der Waals surface area contributed by atoms with Gasteiger partial charge in [0.2, 0.25) is 23.6 Å². The molecule has 10 N–H and O–H groups in total. The molecule has 0 saturated carbocycles. The van der Waals surface area contributed by atoms with Crippen molar-refractivity contribution < 1.29 is 34.2 Å². The highest BCUT2D eigenvalue weighted by Crippen LogP contribution is 2.19. The van der Waals surface area contributed by atoms with Crippen molar-refractivity contribution in [1.82, 2.24) is 20.9 Å². The number of amides is 4. The van der Waals surface area contributed by atoms with Gasteiger partial charge in [-0.25, -0.2) is 4.79 Å². The number of carboxylic acids is 1. The van der Waals surface area contributed by atoms with Crippen LogP contribution in [0.2, 0.25) is 0 Å². The normalized spacial score (nSPS) is 15.2. The Labute approximate surface area is 219 Å². The number of H-pyrrole nitrogens is 1. The van der Waals surface area contributed by atoms with Crippen LogP contribution < -0.4 is 27.4 Å². The summed E-state index contributed by atoms with van der Waals surface area (Å²) in [6.07, 6.45) is 0.0493. The number of fused-ring (bicyclic) bond motifs is 1. The summed E-state index contributed by atoms with van der Waals surface area (Å²) < 4.78 is 0. The Morgan fingerprint density at radius 1 is 0.947 bits per heavy atom. The monoisotopic (exact) mass is 532 g/mol. The van der Waals surface area contributed by atoms with Crippen molar-refractivity contribution in [3.05, 3.63) is 36.0 Å². The predicted molar refractivity (Wildman–Crippen MR) is 138 cm³/mol. The van der Waals surface area contributed by atoms with Crippen LogP contribution >= 0.6 is 0 Å². The number of primary amides is 1. The van der Waals surface area contributed by atoms with Crippen molar-refractivity contribution in [2.45, 2.75) is 70.3 Å². The second-order valence-electron chi connectivity index (χ2n) is 9.53. The number of aliphatic hydroxyl groups is 1. The summed E-state index contributed by atoms with van der Waals surface area (Å²) in [4.78, 5) is 64.5. The van der Waals surface area contributed by atoms with Gasteiger partial charge in [-0.05, 0) is 37.3 Å². The Hall–Kier alpha value is -3.97. The van der Waals surface area contributed by atoms with E-state index >= 15 is 0 Å². The number of rotatable bonds is 14. The fraction of sp³-hybridized carbons (Fsp3) is 0.480. The molecule has 0 saturated heterocycles. The molecule has 0 fully saturated rings. The molecular weight excluding hydrogens is 496 g/mol. The summed E-state index contributed by atoms with van der Waals surface area (Å²) in [6, 6.07) is 2.49. The Kier molecular flexibility index (Phi) is 10.8. The highest BCUT2D eigenvalue weighted by atomic mass is 16.4. The molecule has 208 valence electrons. The first-order valence-electron chi connectivity index (χ1n) is 12.2. The van der Waals surface area contributed by atoms with Crippen LogP contribution in [0.1, 0.15) is 39.2 Å². The van der Waals surface area contributed by atoms with Gasteiger partial charge in [-0.3, -0.25) is 19.2 Å². The minimum atomic E-state index is -1.64. The lowest BCUT2D eigenvalue weighted by Gasteiger charge is -2.27. The van der Waals surface area contributed by atoms with Gasteiger partial charge in [-0.2, -0.15) is 0 Å². The van der Waals surface area contributed by atoms with Crippen LogP contribution in [0.25, 0.3) is 10.9 Å². The number of carboxylic acid groups (broad SMARTS) is 1. The van der Waals surface area contributed by atoms with Crippen molar-refractivity contribution in [3.63, 3.8) is 0 Å². The second kappa shape index (κ2) is 13.5. The van der Waals surface area contributed by atoms with Crippen molar-refractivity contribution in [2.24, 2.45) is 17.4 Å². The maximum atomic E-state index is 13.1. The first-order valence-corrected chi connectivity index (χ1v) is 12.2. The van der Waals surface area contributed by atoms with E-state index in [1.54, 1.807) is 20.0 Å². The van der Waals surface area contributed by atoms with Crippen molar-refractivity contribution in [2.75, 3.05) is 0 Å². The molecule has 0 spiro atoms. The molecule has 1 aromatic carbocycles. The Bertz CT molecular complexity index is 1160. The van der Waals surface area contributed by atoms with Gasteiger partial charge >= 0.3 is 5.97 Å². The van der Waals surface area contributed by atoms with E-state index in [4.69, 9.17) is 11.5 Å². The Balaban J connectivity index is 2.12. The Morgan fingerprint density at radius 3 is 2.16 bits per heavy atom. The SMILES string of the molecule is CC(C)C(NC(=O)C(N)Cc1c[nH]c2ccccc12)C(=O)NC(CCC(N)=O)C(=O)NC(C(=O)O)C(C)O. The summed E-state index contributed by atoms with van der Waals surface area (Å²) in [5.74, 6) is -4.88. The fourth-order valence-corrected chi connectivity index (χ4v) is 3.88. The van der Waals surface area contributed by atoms with Crippen LogP contribution in [0, 0.1) is 5.92 Å². The number of nitrogens with two attached hydrogens (primary N) is 2. The van der Waals surface area contributed by atoms with Gasteiger partial charge in [0.15, 0.2) is 6.04 Å². The van der Waals surface area contributed by atoms with Gasteiger partial charge in [0.25, 0.3) is 0 Å². The fourth-order valence-electron chi connectivity index (χ4n) is 3.88. The lowest BCUT2D eigenvalue weighted by atomic mass is 10.00. The van der Waals surface area contributed by atoms with Crippen LogP contribution in [-0.2, 0) is 30.4 Å². The molecule has 1 heterocycles. The summed E-state index contributed by atoms with van der Waals surface area (Å²) >= 11 is 0. The number of benzene rings is 1. The molecule has 1 aromatic heterocycles. The number of hydrogen-bond donors (Lipinski definition) is 8. The van der Waals surface area contributed by atoms with Crippen molar-refractivity contribution >= 4 is 40.5 Å². The number of aliphatic hydroxyl groups excluding tert-OH is 1. The number of para-hydroxylation sites is 1. The summed E-state index contributed by atoms with van der Waals surface area (Å²) in [7, 11) is 0. The molecule has 0 aliphatic rings. The number of aromatic amines is 1. The quantitative estimate of drug-likeness (QED) is 0.148. The van der Waals surface area contributed by atoms with Crippen LogP contribution in [0.15, 0.2) is 30.5 Å². The second-order valence-corrected chi connectivity index (χ2v) is 9.53. The van der Waals surface area contributed by atoms with Crippen molar-refractivity contribution in [1.29, 1.82) is 0 Å². The molecule has 5 atom stereocenters. The van der Waals surface area contributed by atoms with E-state index in [0.29, 0.717) is 0 Å². The first kappa shape index (κ1) is 30.3. The van der Waals surface area contributed by atoms with E-state index in [0.717, 1.165) is 16.5 Å². The van der Waals surface area contributed by atoms with E-state index in [-0.39, 0.29) is 19.3 Å². The zero-order chi connectivity index (χ0) is 28.6. The average molecular weight is 533 g/mol. The molecule has 0 radical (unpaired) electrons. The van der Waals surface area contributed by atoms with E-state index in [9.17, 15) is 34.2 Å². The largest absolute Gasteiger partial charge is 0.480 e. The van der Waals surface area contributed by atoms with Gasteiger partial charge < -0.3 is 42.6 Å². The molecule has 13 nitrogen and oxygen atoms in total.